The number of sulfone groups is 1. The van der Waals surface area contributed by atoms with Crippen LogP contribution < -0.4 is 10.6 Å². The van der Waals surface area contributed by atoms with E-state index in [0.29, 0.717) is 13.1 Å². The first-order valence-electron chi connectivity index (χ1n) is 5.01. The van der Waals surface area contributed by atoms with Gasteiger partial charge in [-0.2, -0.15) is 4.98 Å². The van der Waals surface area contributed by atoms with Crippen molar-refractivity contribution in [2.75, 3.05) is 24.7 Å². The highest BCUT2D eigenvalue weighted by Crippen LogP contribution is 2.18. The van der Waals surface area contributed by atoms with Crippen LogP contribution in [0.2, 0.25) is 5.28 Å². The van der Waals surface area contributed by atoms with Crippen LogP contribution >= 0.6 is 11.6 Å². The fourth-order valence-corrected chi connectivity index (χ4v) is 2.01. The predicted molar refractivity (Wildman–Crippen MR) is 67.3 cm³/mol. The van der Waals surface area contributed by atoms with Crippen molar-refractivity contribution in [2.45, 2.75) is 11.8 Å². The summed E-state index contributed by atoms with van der Waals surface area (Å²) in [6.45, 7) is 2.07. The molecular weight excluding hydrogens is 280 g/mol. The zero-order valence-electron chi connectivity index (χ0n) is 9.90. The standard InChI is InChI=1S/C9H13ClN4O3S/c1-6(15)11-3-4-12-8-7(18(2,16)17)5-13-9(10)14-8/h5H,3-4H2,1-2H3,(H,11,15)(H,12,13,14). The van der Waals surface area contributed by atoms with E-state index in [-0.39, 0.29) is 21.9 Å². The van der Waals surface area contributed by atoms with Gasteiger partial charge in [0, 0.05) is 26.3 Å². The number of aromatic nitrogens is 2. The lowest BCUT2D eigenvalue weighted by molar-refractivity contribution is -0.118. The van der Waals surface area contributed by atoms with E-state index >= 15 is 0 Å². The van der Waals surface area contributed by atoms with Crippen LogP contribution in [0.4, 0.5) is 5.82 Å². The van der Waals surface area contributed by atoms with E-state index in [1.807, 2.05) is 0 Å². The van der Waals surface area contributed by atoms with Crippen molar-refractivity contribution in [1.29, 1.82) is 0 Å². The van der Waals surface area contributed by atoms with Gasteiger partial charge in [0.05, 0.1) is 6.20 Å². The number of carbonyl (C=O) groups excluding carboxylic acids is 1. The third-order valence-electron chi connectivity index (χ3n) is 1.92. The highest BCUT2D eigenvalue weighted by atomic mass is 35.5. The van der Waals surface area contributed by atoms with E-state index < -0.39 is 9.84 Å². The van der Waals surface area contributed by atoms with Crippen LogP contribution in [0.1, 0.15) is 6.92 Å². The highest BCUT2D eigenvalue weighted by molar-refractivity contribution is 7.90. The van der Waals surface area contributed by atoms with Crippen LogP contribution in [-0.2, 0) is 14.6 Å². The van der Waals surface area contributed by atoms with E-state index in [1.54, 1.807) is 0 Å². The summed E-state index contributed by atoms with van der Waals surface area (Å²) in [5, 5.41) is 5.30. The summed E-state index contributed by atoms with van der Waals surface area (Å²) >= 11 is 5.60. The van der Waals surface area contributed by atoms with Crippen LogP contribution in [-0.4, -0.2) is 43.6 Å². The maximum atomic E-state index is 11.5. The molecule has 0 fully saturated rings. The number of hydrogen-bond acceptors (Lipinski definition) is 6. The third-order valence-corrected chi connectivity index (χ3v) is 3.20. The molecule has 9 heteroatoms. The van der Waals surface area contributed by atoms with Gasteiger partial charge in [-0.15, -0.1) is 0 Å². The molecule has 0 aliphatic heterocycles. The van der Waals surface area contributed by atoms with Gasteiger partial charge in [-0.05, 0) is 11.6 Å². The van der Waals surface area contributed by atoms with Gasteiger partial charge in [-0.3, -0.25) is 4.79 Å². The molecule has 100 valence electrons. The van der Waals surface area contributed by atoms with E-state index in [4.69, 9.17) is 11.6 Å². The topological polar surface area (TPSA) is 101 Å². The Hall–Kier alpha value is -1.41. The summed E-state index contributed by atoms with van der Waals surface area (Å²) in [5.41, 5.74) is 0. The Morgan fingerprint density at radius 1 is 1.44 bits per heavy atom. The van der Waals surface area contributed by atoms with Gasteiger partial charge >= 0.3 is 0 Å². The summed E-state index contributed by atoms with van der Waals surface area (Å²) in [4.78, 5) is 18.1. The molecule has 0 aromatic carbocycles. The third kappa shape index (κ3) is 4.46. The molecule has 1 aromatic heterocycles. The molecule has 0 unspecified atom stereocenters. The molecular formula is C9H13ClN4O3S. The zero-order chi connectivity index (χ0) is 13.8. The number of rotatable bonds is 5. The largest absolute Gasteiger partial charge is 0.367 e. The van der Waals surface area contributed by atoms with Crippen LogP contribution in [0, 0.1) is 0 Å². The Morgan fingerprint density at radius 3 is 2.67 bits per heavy atom. The van der Waals surface area contributed by atoms with Crippen molar-refractivity contribution in [3.63, 3.8) is 0 Å². The van der Waals surface area contributed by atoms with E-state index in [9.17, 15) is 13.2 Å². The van der Waals surface area contributed by atoms with Crippen molar-refractivity contribution in [3.05, 3.63) is 11.5 Å². The van der Waals surface area contributed by atoms with Crippen LogP contribution in [0.25, 0.3) is 0 Å². The Balaban J connectivity index is 2.80. The monoisotopic (exact) mass is 292 g/mol. The molecule has 0 radical (unpaired) electrons. The van der Waals surface area contributed by atoms with E-state index in [0.717, 1.165) is 12.5 Å². The number of anilines is 1. The van der Waals surface area contributed by atoms with Crippen molar-refractivity contribution >= 4 is 33.2 Å². The summed E-state index contributed by atoms with van der Waals surface area (Å²) in [7, 11) is -3.44. The minimum absolute atomic E-state index is 0.0327. The second-order valence-electron chi connectivity index (χ2n) is 3.53. The van der Waals surface area contributed by atoms with E-state index in [2.05, 4.69) is 20.6 Å². The predicted octanol–water partition coefficient (Wildman–Crippen LogP) is 0.0815. The Morgan fingerprint density at radius 2 is 2.11 bits per heavy atom. The molecule has 0 saturated carbocycles. The van der Waals surface area contributed by atoms with Gasteiger partial charge in [0.15, 0.2) is 9.84 Å². The average molecular weight is 293 g/mol. The molecule has 0 spiro atoms. The molecule has 1 aromatic rings. The van der Waals surface area contributed by atoms with Crippen molar-refractivity contribution < 1.29 is 13.2 Å². The van der Waals surface area contributed by atoms with Crippen molar-refractivity contribution in [1.82, 2.24) is 15.3 Å². The number of halogens is 1. The molecule has 0 bridgehead atoms. The first kappa shape index (κ1) is 14.7. The molecule has 1 rings (SSSR count). The minimum atomic E-state index is -3.44. The lowest BCUT2D eigenvalue weighted by Gasteiger charge is -2.09. The number of nitrogens with one attached hydrogen (secondary N) is 2. The Kier molecular flexibility index (Phi) is 4.85. The lowest BCUT2D eigenvalue weighted by atomic mass is 10.5. The van der Waals surface area contributed by atoms with Crippen LogP contribution in [0.5, 0.6) is 0 Å². The normalized spacial score (nSPS) is 11.1. The Labute approximate surface area is 110 Å². The second-order valence-corrected chi connectivity index (χ2v) is 5.86. The van der Waals surface area contributed by atoms with Crippen LogP contribution in [0.15, 0.2) is 11.1 Å². The fraction of sp³-hybridized carbons (Fsp3) is 0.444. The van der Waals surface area contributed by atoms with Gasteiger partial charge in [-0.25, -0.2) is 13.4 Å². The maximum absolute atomic E-state index is 11.5. The van der Waals surface area contributed by atoms with Gasteiger partial charge in [0.2, 0.25) is 11.2 Å². The number of hydrogen-bond donors (Lipinski definition) is 2. The summed E-state index contributed by atoms with van der Waals surface area (Å²) in [6, 6.07) is 0. The van der Waals surface area contributed by atoms with Crippen LogP contribution in [0.3, 0.4) is 0 Å². The molecule has 0 atom stereocenters. The summed E-state index contributed by atoms with van der Waals surface area (Å²) in [6.07, 6.45) is 2.20. The summed E-state index contributed by atoms with van der Waals surface area (Å²) in [5.74, 6) is -0.0382. The highest BCUT2D eigenvalue weighted by Gasteiger charge is 2.15. The number of carbonyl (C=O) groups is 1. The maximum Gasteiger partial charge on any atom is 0.224 e. The SMILES string of the molecule is CC(=O)NCCNc1nc(Cl)ncc1S(C)(=O)=O. The molecule has 1 amide bonds. The lowest BCUT2D eigenvalue weighted by Crippen LogP contribution is -2.26. The van der Waals surface area contributed by atoms with Gasteiger partial charge < -0.3 is 10.6 Å². The first-order chi connectivity index (χ1) is 8.30. The fourth-order valence-electron chi connectivity index (χ4n) is 1.17. The number of amides is 1. The Bertz CT molecular complexity index is 547. The van der Waals surface area contributed by atoms with Crippen molar-refractivity contribution in [3.8, 4) is 0 Å². The second kappa shape index (κ2) is 5.96. The van der Waals surface area contributed by atoms with Gasteiger partial charge in [0.1, 0.15) is 10.7 Å². The van der Waals surface area contributed by atoms with Gasteiger partial charge in [0.25, 0.3) is 0 Å². The first-order valence-corrected chi connectivity index (χ1v) is 7.28. The molecule has 2 N–H and O–H groups in total. The minimum Gasteiger partial charge on any atom is -0.367 e. The smallest absolute Gasteiger partial charge is 0.224 e. The summed E-state index contributed by atoms with van der Waals surface area (Å²) < 4.78 is 22.9. The zero-order valence-corrected chi connectivity index (χ0v) is 11.5. The van der Waals surface area contributed by atoms with Gasteiger partial charge in [-0.1, -0.05) is 0 Å². The molecule has 0 saturated heterocycles. The molecule has 1 heterocycles. The molecule has 0 aliphatic rings. The molecule has 7 nitrogen and oxygen atoms in total. The quantitative estimate of drug-likeness (QED) is 0.589. The van der Waals surface area contributed by atoms with Crippen molar-refractivity contribution in [2.24, 2.45) is 0 Å². The average Bonchev–Trinajstić information content (AvgIpc) is 2.22. The van der Waals surface area contributed by atoms with E-state index in [1.165, 1.54) is 6.92 Å². The molecule has 0 aliphatic carbocycles. The molecule has 18 heavy (non-hydrogen) atoms. The number of nitrogens with zero attached hydrogens (tertiary/aromatic N) is 2.